The molecule has 124 valence electrons. The van der Waals surface area contributed by atoms with Crippen LogP contribution < -0.4 is 0 Å². The first-order valence-electron chi connectivity index (χ1n) is 8.48. The van der Waals surface area contributed by atoms with E-state index < -0.39 is 5.97 Å². The summed E-state index contributed by atoms with van der Waals surface area (Å²) >= 11 is 0. The zero-order chi connectivity index (χ0) is 17.1. The maximum atomic E-state index is 11.7. The summed E-state index contributed by atoms with van der Waals surface area (Å²) < 4.78 is 0. The molecule has 1 aliphatic carbocycles. The van der Waals surface area contributed by atoms with Crippen LogP contribution in [0.15, 0.2) is 24.5 Å². The van der Waals surface area contributed by atoms with Crippen LogP contribution in [0.1, 0.15) is 64.6 Å². The Morgan fingerprint density at radius 2 is 2.12 bits per heavy atom. The summed E-state index contributed by atoms with van der Waals surface area (Å²) in [6.45, 7) is 3.83. The molecule has 2 aromatic heterocycles. The van der Waals surface area contributed by atoms with Gasteiger partial charge in [-0.25, -0.2) is 4.79 Å². The number of rotatable bonds is 3. The van der Waals surface area contributed by atoms with Gasteiger partial charge in [-0.1, -0.05) is 13.0 Å². The minimum absolute atomic E-state index is 0.388. The van der Waals surface area contributed by atoms with E-state index in [0.29, 0.717) is 17.7 Å². The molecule has 2 aromatic rings. The Hall–Kier alpha value is -2.49. The number of aryl methyl sites for hydroxylation is 1. The molecule has 2 heterocycles. The summed E-state index contributed by atoms with van der Waals surface area (Å²) in [6.07, 6.45) is 10.5. The van der Waals surface area contributed by atoms with Gasteiger partial charge in [-0.05, 0) is 73.4 Å². The number of carbonyl (C=O) groups is 1. The minimum atomic E-state index is -0.873. The van der Waals surface area contributed by atoms with Gasteiger partial charge in [-0.2, -0.15) is 0 Å². The van der Waals surface area contributed by atoms with Gasteiger partial charge in [0.1, 0.15) is 0 Å². The van der Waals surface area contributed by atoms with Crippen molar-refractivity contribution < 1.29 is 9.90 Å². The van der Waals surface area contributed by atoms with Crippen molar-refractivity contribution in [1.29, 1.82) is 0 Å². The van der Waals surface area contributed by atoms with E-state index in [1.807, 2.05) is 25.3 Å². The van der Waals surface area contributed by atoms with E-state index in [9.17, 15) is 9.90 Å². The molecular weight excluding hydrogens is 300 g/mol. The van der Waals surface area contributed by atoms with Gasteiger partial charge in [-0.3, -0.25) is 9.97 Å². The highest BCUT2D eigenvalue weighted by Gasteiger charge is 2.24. The molecule has 0 unspecified atom stereocenters. The first-order valence-corrected chi connectivity index (χ1v) is 8.48. The molecule has 1 N–H and O–H groups in total. The highest BCUT2D eigenvalue weighted by Crippen LogP contribution is 2.34. The number of carboxylic acids is 1. The predicted octanol–water partition coefficient (Wildman–Crippen LogP) is 4.31. The third-order valence-electron chi connectivity index (χ3n) is 4.61. The lowest BCUT2D eigenvalue weighted by molar-refractivity contribution is 0.0694. The van der Waals surface area contributed by atoms with Crippen molar-refractivity contribution in [2.24, 2.45) is 0 Å². The number of aromatic nitrogens is 2. The van der Waals surface area contributed by atoms with Crippen LogP contribution in [-0.2, 0) is 12.8 Å². The lowest BCUT2D eigenvalue weighted by atomic mass is 9.92. The number of pyridine rings is 2. The summed E-state index contributed by atoms with van der Waals surface area (Å²) in [4.78, 5) is 20.6. The standard InChI is InChI=1S/C20H22N2O2/c1-3-16-17-9-5-4-8-15(11-14-7-6-10-21-12-14)19(17)22-13(2)18(16)20(23)24/h6-7,10-12H,3-5,8-9H2,1-2H3,(H,23,24). The molecule has 0 spiro atoms. The Morgan fingerprint density at radius 1 is 1.33 bits per heavy atom. The van der Waals surface area contributed by atoms with Crippen LogP contribution >= 0.6 is 0 Å². The minimum Gasteiger partial charge on any atom is -0.478 e. The lowest BCUT2D eigenvalue weighted by Gasteiger charge is -2.17. The first-order chi connectivity index (χ1) is 11.6. The van der Waals surface area contributed by atoms with Gasteiger partial charge in [0.15, 0.2) is 0 Å². The first kappa shape index (κ1) is 16.4. The molecule has 0 aliphatic heterocycles. The Kier molecular flexibility index (Phi) is 4.74. The van der Waals surface area contributed by atoms with E-state index in [4.69, 9.17) is 4.98 Å². The molecule has 0 radical (unpaired) electrons. The molecule has 0 amide bonds. The van der Waals surface area contributed by atoms with Crippen LogP contribution in [0, 0.1) is 6.92 Å². The van der Waals surface area contributed by atoms with Gasteiger partial charge in [-0.15, -0.1) is 0 Å². The monoisotopic (exact) mass is 322 g/mol. The zero-order valence-corrected chi connectivity index (χ0v) is 14.2. The maximum Gasteiger partial charge on any atom is 0.337 e. The topological polar surface area (TPSA) is 63.1 Å². The van der Waals surface area contributed by atoms with Crippen LogP contribution in [0.25, 0.3) is 11.6 Å². The highest BCUT2D eigenvalue weighted by molar-refractivity contribution is 5.92. The summed E-state index contributed by atoms with van der Waals surface area (Å²) in [5.74, 6) is -0.873. The van der Waals surface area contributed by atoms with E-state index >= 15 is 0 Å². The second-order valence-electron chi connectivity index (χ2n) is 6.20. The van der Waals surface area contributed by atoms with Crippen LogP contribution in [0.3, 0.4) is 0 Å². The highest BCUT2D eigenvalue weighted by atomic mass is 16.4. The second-order valence-corrected chi connectivity index (χ2v) is 6.20. The van der Waals surface area contributed by atoms with E-state index in [-0.39, 0.29) is 0 Å². The van der Waals surface area contributed by atoms with Gasteiger partial charge in [0.25, 0.3) is 0 Å². The fraction of sp³-hybridized carbons (Fsp3) is 0.350. The normalized spacial score (nSPS) is 15.8. The van der Waals surface area contributed by atoms with Crippen molar-refractivity contribution in [2.75, 3.05) is 0 Å². The Morgan fingerprint density at radius 3 is 2.79 bits per heavy atom. The SMILES string of the molecule is CCc1c2c(nc(C)c1C(=O)O)C(=Cc1cccnc1)CCCC2. The number of aromatic carboxylic acids is 1. The van der Waals surface area contributed by atoms with Gasteiger partial charge in [0, 0.05) is 12.4 Å². The molecule has 24 heavy (non-hydrogen) atoms. The van der Waals surface area contributed by atoms with E-state index in [1.165, 1.54) is 5.57 Å². The maximum absolute atomic E-state index is 11.7. The van der Waals surface area contributed by atoms with Gasteiger partial charge < -0.3 is 5.11 Å². The molecule has 3 rings (SSSR count). The van der Waals surface area contributed by atoms with Crippen molar-refractivity contribution in [3.63, 3.8) is 0 Å². The molecule has 4 nitrogen and oxygen atoms in total. The van der Waals surface area contributed by atoms with Crippen molar-refractivity contribution in [3.05, 3.63) is 58.2 Å². The summed E-state index contributed by atoms with van der Waals surface area (Å²) in [5, 5.41) is 9.59. The van der Waals surface area contributed by atoms with Gasteiger partial charge in [0.05, 0.1) is 17.0 Å². The van der Waals surface area contributed by atoms with Crippen molar-refractivity contribution in [1.82, 2.24) is 9.97 Å². The smallest absolute Gasteiger partial charge is 0.337 e. The molecule has 0 bridgehead atoms. The van der Waals surface area contributed by atoms with Gasteiger partial charge >= 0.3 is 5.97 Å². The van der Waals surface area contributed by atoms with Gasteiger partial charge in [0.2, 0.25) is 0 Å². The van der Waals surface area contributed by atoms with Crippen LogP contribution in [0.4, 0.5) is 0 Å². The number of nitrogens with zero attached hydrogens (tertiary/aromatic N) is 2. The summed E-state index contributed by atoms with van der Waals surface area (Å²) in [5.41, 5.74) is 6.29. The average Bonchev–Trinajstić information content (AvgIpc) is 2.77. The zero-order valence-electron chi connectivity index (χ0n) is 14.2. The van der Waals surface area contributed by atoms with Crippen molar-refractivity contribution >= 4 is 17.6 Å². The molecule has 0 saturated carbocycles. The molecule has 0 aromatic carbocycles. The fourth-order valence-electron chi connectivity index (χ4n) is 3.55. The van der Waals surface area contributed by atoms with Crippen LogP contribution in [-0.4, -0.2) is 21.0 Å². The largest absolute Gasteiger partial charge is 0.478 e. The average molecular weight is 322 g/mol. The number of allylic oxidation sites excluding steroid dienone is 1. The van der Waals surface area contributed by atoms with E-state index in [1.54, 1.807) is 13.1 Å². The van der Waals surface area contributed by atoms with E-state index in [2.05, 4.69) is 11.1 Å². The molecule has 1 aliphatic rings. The molecule has 0 saturated heterocycles. The molecule has 4 heteroatoms. The Bertz CT molecular complexity index is 795. The van der Waals surface area contributed by atoms with Crippen LogP contribution in [0.5, 0.6) is 0 Å². The quantitative estimate of drug-likeness (QED) is 0.855. The fourth-order valence-corrected chi connectivity index (χ4v) is 3.55. The summed E-state index contributed by atoms with van der Waals surface area (Å²) in [7, 11) is 0. The summed E-state index contributed by atoms with van der Waals surface area (Å²) in [6, 6.07) is 3.96. The van der Waals surface area contributed by atoms with E-state index in [0.717, 1.165) is 48.1 Å². The third kappa shape index (κ3) is 3.09. The predicted molar refractivity (Wildman–Crippen MR) is 95.0 cm³/mol. The molecule has 0 fully saturated rings. The lowest BCUT2D eigenvalue weighted by Crippen LogP contribution is -2.13. The number of hydrogen-bond acceptors (Lipinski definition) is 3. The number of carboxylic acid groups (broad SMARTS) is 1. The third-order valence-corrected chi connectivity index (χ3v) is 4.61. The van der Waals surface area contributed by atoms with Crippen molar-refractivity contribution in [3.8, 4) is 0 Å². The molecular formula is C20H22N2O2. The number of fused-ring (bicyclic) bond motifs is 1. The molecule has 0 atom stereocenters. The Labute approximate surface area is 142 Å². The number of hydrogen-bond donors (Lipinski definition) is 1. The Balaban J connectivity index is 2.21. The second kappa shape index (κ2) is 6.95. The van der Waals surface area contributed by atoms with Crippen molar-refractivity contribution in [2.45, 2.75) is 46.0 Å². The van der Waals surface area contributed by atoms with Crippen LogP contribution in [0.2, 0.25) is 0 Å².